The van der Waals surface area contributed by atoms with Gasteiger partial charge in [-0.3, -0.25) is 14.4 Å². The van der Waals surface area contributed by atoms with Crippen molar-refractivity contribution in [1.29, 1.82) is 0 Å². The number of hydrogen-bond acceptors (Lipinski definition) is 14. The number of ether oxygens (including phenoxy) is 5. The van der Waals surface area contributed by atoms with Gasteiger partial charge >= 0.3 is 0 Å². The van der Waals surface area contributed by atoms with Crippen LogP contribution in [0.5, 0.6) is 28.7 Å². The molecule has 0 N–H and O–H groups in total. The number of fused-ring (bicyclic) bond motifs is 4. The zero-order valence-corrected chi connectivity index (χ0v) is 42.9. The van der Waals surface area contributed by atoms with Crippen molar-refractivity contribution in [1.82, 2.24) is 0 Å². The Labute approximate surface area is 426 Å². The van der Waals surface area contributed by atoms with E-state index in [0.717, 1.165) is 5.56 Å². The van der Waals surface area contributed by atoms with E-state index in [1.54, 1.807) is 100 Å². The number of hydrogen-bond donors (Lipinski definition) is 0. The second-order valence-electron chi connectivity index (χ2n) is 16.8. The summed E-state index contributed by atoms with van der Waals surface area (Å²) in [5.41, 5.74) is 4.07. The maximum atomic E-state index is 12.8. The molecule has 0 radical (unpaired) electrons. The molecule has 0 saturated carbocycles. The Morgan fingerprint density at radius 1 is 0.444 bits per heavy atom. The summed E-state index contributed by atoms with van der Waals surface area (Å²) in [4.78, 5) is 39.8. The molecular weight excluding hydrogens is 1030 g/mol. The first-order valence-corrected chi connectivity index (χ1v) is 27.5. The van der Waals surface area contributed by atoms with Gasteiger partial charge in [0.15, 0.2) is 60.8 Å². The fourth-order valence-electron chi connectivity index (χ4n) is 7.63. The number of carbonyl (C=O) groups is 3. The fourth-order valence-corrected chi connectivity index (χ4v) is 12.1. The van der Waals surface area contributed by atoms with Crippen LogP contribution in [0.2, 0.25) is 10.0 Å². The molecular formula is C50H45Cl2N3O14S3. The molecule has 0 aromatic heterocycles. The van der Waals surface area contributed by atoms with E-state index < -0.39 is 29.5 Å². The maximum Gasteiger partial charge on any atom is 0.264 e. The average Bonchev–Trinajstić information content (AvgIpc) is 3.82. The van der Waals surface area contributed by atoms with Crippen LogP contribution in [0.25, 0.3) is 0 Å². The van der Waals surface area contributed by atoms with Crippen LogP contribution in [0, 0.1) is 6.92 Å². The summed E-state index contributed by atoms with van der Waals surface area (Å²) in [5.74, 6) is 1.45. The molecule has 0 bridgehead atoms. The predicted octanol–water partition coefficient (Wildman–Crippen LogP) is 7.39. The average molecular weight is 1080 g/mol. The first-order chi connectivity index (χ1) is 34.1. The molecule has 4 heterocycles. The SMILES string of the molecule is CN1C(=O)COc2ccc(S(=O)(=O)Cc3ccc4c(c3)OCO4)cc21.CN1C(=O)COc2ccc(S(=O)(=O)Cc3cccc(Cl)c3)cc21.Cc1ccc(CS(=O)(=O)c2ccc3c(c2)N(C)C(=O)CO3)cc1Cl. The number of rotatable bonds is 9. The van der Waals surface area contributed by atoms with Gasteiger partial charge in [-0.2, -0.15) is 0 Å². The molecule has 6 aromatic rings. The Kier molecular flexibility index (Phi) is 14.8. The smallest absolute Gasteiger partial charge is 0.264 e. The summed E-state index contributed by atoms with van der Waals surface area (Å²) in [5, 5.41) is 1.02. The number of nitrogens with zero attached hydrogens (tertiary/aromatic N) is 3. The molecule has 0 fully saturated rings. The number of carbonyl (C=O) groups excluding carboxylic acids is 3. The highest BCUT2D eigenvalue weighted by molar-refractivity contribution is 7.91. The van der Waals surface area contributed by atoms with Crippen LogP contribution in [0.3, 0.4) is 0 Å². The largest absolute Gasteiger partial charge is 0.482 e. The Morgan fingerprint density at radius 2 is 0.833 bits per heavy atom. The number of amides is 3. The molecule has 0 atom stereocenters. The van der Waals surface area contributed by atoms with E-state index in [9.17, 15) is 39.6 Å². The van der Waals surface area contributed by atoms with Crippen LogP contribution in [0.1, 0.15) is 22.3 Å². The fraction of sp³-hybridized carbons (Fsp3) is 0.220. The van der Waals surface area contributed by atoms with Crippen LogP contribution in [-0.4, -0.2) is 90.7 Å². The third-order valence-electron chi connectivity index (χ3n) is 11.8. The predicted molar refractivity (Wildman–Crippen MR) is 269 cm³/mol. The maximum absolute atomic E-state index is 12.8. The normalized spacial score (nSPS) is 14.8. The third-order valence-corrected chi connectivity index (χ3v) is 17.5. The summed E-state index contributed by atoms with van der Waals surface area (Å²) in [6, 6.07) is 30.6. The van der Waals surface area contributed by atoms with E-state index in [1.807, 2.05) is 6.92 Å². The molecule has 10 rings (SSSR count). The van der Waals surface area contributed by atoms with Gasteiger partial charge in [0, 0.05) is 31.2 Å². The summed E-state index contributed by atoms with van der Waals surface area (Å²) >= 11 is 12.0. The quantitative estimate of drug-likeness (QED) is 0.138. The first kappa shape index (κ1) is 51.5. The van der Waals surface area contributed by atoms with E-state index in [4.69, 9.17) is 46.9 Å². The van der Waals surface area contributed by atoms with Crippen molar-refractivity contribution < 1.29 is 63.3 Å². The highest BCUT2D eigenvalue weighted by atomic mass is 35.5. The van der Waals surface area contributed by atoms with Gasteiger partial charge in [0.25, 0.3) is 17.7 Å². The van der Waals surface area contributed by atoms with Gasteiger partial charge in [-0.15, -0.1) is 0 Å². The molecule has 0 saturated heterocycles. The Bertz CT molecular complexity index is 3500. The standard InChI is InChI=1S/C17H16ClNO4S.C17H15NO6S.C16H14ClNO4S/c1-11-3-4-12(7-14(11)18)10-24(21,22)13-5-6-16-15(8-13)19(2)17(20)9-23-16;1-18-13-7-12(3-5-14(13)22-8-17(18)19)25(20,21)9-11-2-4-15-16(6-11)24-10-23-15;1-18-14-8-13(5-6-15(14)22-9-16(18)19)23(20,21)10-11-3-2-4-12(17)7-11/h3-8H,9-10H2,1-2H3;2-7H,8-10H2,1H3;2-8H,9-10H2,1H3. The zero-order chi connectivity index (χ0) is 51.7. The lowest BCUT2D eigenvalue weighted by molar-refractivity contribution is -0.121. The molecule has 0 unspecified atom stereocenters. The number of anilines is 3. The Balaban J connectivity index is 0.000000145. The van der Waals surface area contributed by atoms with Gasteiger partial charge < -0.3 is 38.4 Å². The van der Waals surface area contributed by atoms with Gasteiger partial charge in [-0.25, -0.2) is 25.3 Å². The monoisotopic (exact) mass is 1080 g/mol. The molecule has 6 aromatic carbocycles. The first-order valence-electron chi connectivity index (χ1n) is 21.7. The second-order valence-corrected chi connectivity index (χ2v) is 23.6. The van der Waals surface area contributed by atoms with Gasteiger partial charge in [0.05, 0.1) is 49.0 Å². The van der Waals surface area contributed by atoms with Crippen molar-refractivity contribution in [3.63, 3.8) is 0 Å². The number of sulfone groups is 3. The summed E-state index contributed by atoms with van der Waals surface area (Å²) in [6.45, 7) is 1.86. The lowest BCUT2D eigenvalue weighted by atomic mass is 10.2. The van der Waals surface area contributed by atoms with E-state index in [-0.39, 0.29) is 76.3 Å². The van der Waals surface area contributed by atoms with Crippen molar-refractivity contribution >= 4 is 87.5 Å². The lowest BCUT2D eigenvalue weighted by Crippen LogP contribution is -2.35. The van der Waals surface area contributed by atoms with Crippen LogP contribution in [0.4, 0.5) is 17.1 Å². The molecule has 17 nitrogen and oxygen atoms in total. The van der Waals surface area contributed by atoms with E-state index in [0.29, 0.717) is 72.5 Å². The van der Waals surface area contributed by atoms with Crippen LogP contribution in [0.15, 0.2) is 130 Å². The molecule has 22 heteroatoms. The highest BCUT2D eigenvalue weighted by Gasteiger charge is 2.29. The van der Waals surface area contributed by atoms with Crippen molar-refractivity contribution in [3.05, 3.63) is 148 Å². The van der Waals surface area contributed by atoms with Crippen molar-refractivity contribution in [2.45, 2.75) is 38.9 Å². The van der Waals surface area contributed by atoms with Crippen LogP contribution in [-0.2, 0) is 61.2 Å². The van der Waals surface area contributed by atoms with Gasteiger partial charge in [0.1, 0.15) is 17.2 Å². The van der Waals surface area contributed by atoms with Crippen LogP contribution >= 0.6 is 23.2 Å². The van der Waals surface area contributed by atoms with Gasteiger partial charge in [0.2, 0.25) is 6.79 Å². The number of benzene rings is 6. The summed E-state index contributed by atoms with van der Waals surface area (Å²) in [7, 11) is -5.93. The molecule has 0 aliphatic carbocycles. The highest BCUT2D eigenvalue weighted by Crippen LogP contribution is 2.38. The topological polar surface area (TPSA) is 209 Å². The number of likely N-dealkylation sites (N-methyl/N-ethyl adjacent to an activating group) is 3. The summed E-state index contributed by atoms with van der Waals surface area (Å²) < 4.78 is 103. The molecule has 376 valence electrons. The van der Waals surface area contributed by atoms with Gasteiger partial charge in [-0.1, -0.05) is 53.5 Å². The molecule has 4 aliphatic heterocycles. The van der Waals surface area contributed by atoms with Crippen molar-refractivity contribution in [2.75, 3.05) is 62.5 Å². The zero-order valence-electron chi connectivity index (χ0n) is 39.0. The van der Waals surface area contributed by atoms with Crippen LogP contribution < -0.4 is 38.4 Å². The van der Waals surface area contributed by atoms with Crippen molar-refractivity contribution in [2.24, 2.45) is 0 Å². The van der Waals surface area contributed by atoms with Gasteiger partial charge in [-0.05, 0) is 114 Å². The number of aryl methyl sites for hydroxylation is 1. The Morgan fingerprint density at radius 3 is 1.26 bits per heavy atom. The molecule has 4 aliphatic rings. The van der Waals surface area contributed by atoms with E-state index >= 15 is 0 Å². The molecule has 72 heavy (non-hydrogen) atoms. The lowest BCUT2D eigenvalue weighted by Gasteiger charge is -2.26. The molecule has 0 spiro atoms. The third kappa shape index (κ3) is 11.4. The van der Waals surface area contributed by atoms with Crippen molar-refractivity contribution in [3.8, 4) is 28.7 Å². The minimum atomic E-state index is -3.60. The van der Waals surface area contributed by atoms with E-state index in [2.05, 4.69) is 0 Å². The van der Waals surface area contributed by atoms with E-state index in [1.165, 1.54) is 51.1 Å². The Hall–Kier alpha value is -6.84. The number of halogens is 2. The molecule has 3 amide bonds. The second kappa shape index (κ2) is 20.7. The minimum absolute atomic E-state index is 0.0435. The minimum Gasteiger partial charge on any atom is -0.482 e. The summed E-state index contributed by atoms with van der Waals surface area (Å²) in [6.07, 6.45) is 0.